The van der Waals surface area contributed by atoms with Gasteiger partial charge in [0.05, 0.1) is 5.69 Å². The second-order valence-electron chi connectivity index (χ2n) is 5.46. The van der Waals surface area contributed by atoms with Crippen molar-refractivity contribution in [2.75, 3.05) is 0 Å². The first-order chi connectivity index (χ1) is 9.24. The van der Waals surface area contributed by atoms with Gasteiger partial charge in [0.1, 0.15) is 0 Å². The number of benzene rings is 1. The van der Waals surface area contributed by atoms with Crippen molar-refractivity contribution in [2.45, 2.75) is 31.7 Å². The molecule has 0 saturated heterocycles. The van der Waals surface area contributed by atoms with Gasteiger partial charge in [-0.3, -0.25) is 4.68 Å². The van der Waals surface area contributed by atoms with Gasteiger partial charge in [-0.25, -0.2) is 0 Å². The van der Waals surface area contributed by atoms with Gasteiger partial charge in [0.2, 0.25) is 0 Å². The summed E-state index contributed by atoms with van der Waals surface area (Å²) in [5, 5.41) is 8.19. The predicted octanol–water partition coefficient (Wildman–Crippen LogP) is 2.01. The molecule has 1 aromatic carbocycles. The van der Waals surface area contributed by atoms with E-state index in [-0.39, 0.29) is 6.04 Å². The Bertz CT molecular complexity index is 561. The fourth-order valence-electron chi connectivity index (χ4n) is 3.06. The van der Waals surface area contributed by atoms with Crippen LogP contribution in [0.15, 0.2) is 30.5 Å². The normalized spacial score (nSPS) is 22.8. The van der Waals surface area contributed by atoms with E-state index in [9.17, 15) is 0 Å². The van der Waals surface area contributed by atoms with Crippen LogP contribution in [0.2, 0.25) is 0 Å². The molecule has 1 aliphatic carbocycles. The van der Waals surface area contributed by atoms with Crippen LogP contribution < -0.4 is 5.73 Å². The van der Waals surface area contributed by atoms with Gasteiger partial charge < -0.3 is 5.73 Å². The van der Waals surface area contributed by atoms with Gasteiger partial charge in [-0.2, -0.15) is 0 Å². The van der Waals surface area contributed by atoms with Crippen LogP contribution in [0, 0.1) is 5.92 Å². The van der Waals surface area contributed by atoms with Crippen molar-refractivity contribution in [3.05, 3.63) is 47.3 Å². The number of aromatic nitrogens is 3. The van der Waals surface area contributed by atoms with E-state index in [1.807, 2.05) is 13.2 Å². The van der Waals surface area contributed by atoms with Gasteiger partial charge in [0.15, 0.2) is 0 Å². The molecule has 2 atom stereocenters. The van der Waals surface area contributed by atoms with Gasteiger partial charge in [0.25, 0.3) is 0 Å². The quantitative estimate of drug-likeness (QED) is 0.836. The molecule has 2 N–H and O–H groups in total. The lowest BCUT2D eigenvalue weighted by molar-refractivity contribution is 0.398. The Morgan fingerprint density at radius 3 is 3.00 bits per heavy atom. The number of nitrogens with two attached hydrogens (primary N) is 1. The molecule has 0 spiro atoms. The van der Waals surface area contributed by atoms with Crippen LogP contribution in [0.1, 0.15) is 35.7 Å². The molecule has 0 amide bonds. The number of rotatable bonds is 2. The third-order valence-electron chi connectivity index (χ3n) is 4.06. The summed E-state index contributed by atoms with van der Waals surface area (Å²) in [6.45, 7) is 0. The monoisotopic (exact) mass is 256 g/mol. The van der Waals surface area contributed by atoms with Crippen molar-refractivity contribution in [2.24, 2.45) is 18.7 Å². The summed E-state index contributed by atoms with van der Waals surface area (Å²) in [5.41, 5.74) is 10.3. The molecule has 100 valence electrons. The van der Waals surface area contributed by atoms with Crippen LogP contribution in [0.4, 0.5) is 0 Å². The molecule has 0 aliphatic heterocycles. The zero-order chi connectivity index (χ0) is 13.2. The van der Waals surface area contributed by atoms with Gasteiger partial charge in [-0.1, -0.05) is 29.5 Å². The molecule has 0 fully saturated rings. The maximum absolute atomic E-state index is 6.49. The smallest absolute Gasteiger partial charge is 0.0830 e. The summed E-state index contributed by atoms with van der Waals surface area (Å²) in [5.74, 6) is 0.459. The maximum atomic E-state index is 6.49. The van der Waals surface area contributed by atoms with E-state index >= 15 is 0 Å². The fourth-order valence-corrected chi connectivity index (χ4v) is 3.06. The number of hydrogen-bond donors (Lipinski definition) is 1. The van der Waals surface area contributed by atoms with E-state index in [0.717, 1.165) is 25.0 Å². The standard InChI is InChI=1S/C15H20N4/c1-19-10-13(17-18-19)9-12-7-4-6-11-5-2-3-8-14(11)15(12)16/h2-3,5,8,10,12,15H,4,6-7,9,16H2,1H3. The van der Waals surface area contributed by atoms with Crippen molar-refractivity contribution >= 4 is 0 Å². The number of aryl methyl sites for hydroxylation is 2. The molecule has 1 aliphatic rings. The van der Waals surface area contributed by atoms with E-state index in [2.05, 4.69) is 34.6 Å². The third-order valence-corrected chi connectivity index (χ3v) is 4.06. The Hall–Kier alpha value is -1.68. The summed E-state index contributed by atoms with van der Waals surface area (Å²) < 4.78 is 1.76. The van der Waals surface area contributed by atoms with E-state index < -0.39 is 0 Å². The van der Waals surface area contributed by atoms with Crippen molar-refractivity contribution in [1.29, 1.82) is 0 Å². The average molecular weight is 256 g/mol. The zero-order valence-corrected chi connectivity index (χ0v) is 11.3. The molecule has 19 heavy (non-hydrogen) atoms. The van der Waals surface area contributed by atoms with Crippen LogP contribution in [-0.2, 0) is 19.9 Å². The molecule has 2 unspecified atom stereocenters. The highest BCUT2D eigenvalue weighted by molar-refractivity contribution is 5.31. The van der Waals surface area contributed by atoms with Crippen molar-refractivity contribution in [3.8, 4) is 0 Å². The summed E-state index contributed by atoms with van der Waals surface area (Å²) >= 11 is 0. The molecule has 1 aromatic heterocycles. The molecular weight excluding hydrogens is 236 g/mol. The van der Waals surface area contributed by atoms with Gasteiger partial charge in [-0.15, -0.1) is 5.10 Å². The second kappa shape index (κ2) is 5.13. The summed E-state index contributed by atoms with van der Waals surface area (Å²) in [7, 11) is 1.90. The fraction of sp³-hybridized carbons (Fsp3) is 0.467. The Balaban J connectivity index is 1.83. The SMILES string of the molecule is Cn1cc(CC2CCCc3ccccc3C2N)nn1. The minimum Gasteiger partial charge on any atom is -0.324 e. The van der Waals surface area contributed by atoms with Gasteiger partial charge >= 0.3 is 0 Å². The molecule has 0 radical (unpaired) electrons. The Morgan fingerprint density at radius 1 is 1.37 bits per heavy atom. The lowest BCUT2D eigenvalue weighted by Crippen LogP contribution is -2.23. The van der Waals surface area contributed by atoms with Crippen molar-refractivity contribution < 1.29 is 0 Å². The molecule has 1 heterocycles. The van der Waals surface area contributed by atoms with Crippen LogP contribution in [0.3, 0.4) is 0 Å². The molecule has 0 saturated carbocycles. The van der Waals surface area contributed by atoms with E-state index in [4.69, 9.17) is 5.73 Å². The third kappa shape index (κ3) is 2.54. The number of nitrogens with zero attached hydrogens (tertiary/aromatic N) is 3. The van der Waals surface area contributed by atoms with Gasteiger partial charge in [-0.05, 0) is 42.7 Å². The minimum atomic E-state index is 0.112. The summed E-state index contributed by atoms with van der Waals surface area (Å²) in [4.78, 5) is 0. The largest absolute Gasteiger partial charge is 0.324 e. The first-order valence-electron chi connectivity index (χ1n) is 6.92. The van der Waals surface area contributed by atoms with E-state index in [0.29, 0.717) is 5.92 Å². The first kappa shape index (κ1) is 12.4. The summed E-state index contributed by atoms with van der Waals surface area (Å²) in [6, 6.07) is 8.69. The predicted molar refractivity (Wildman–Crippen MR) is 74.5 cm³/mol. The lowest BCUT2D eigenvalue weighted by atomic mass is 9.88. The van der Waals surface area contributed by atoms with E-state index in [1.165, 1.54) is 17.5 Å². The maximum Gasteiger partial charge on any atom is 0.0830 e. The first-order valence-corrected chi connectivity index (χ1v) is 6.92. The van der Waals surface area contributed by atoms with Crippen LogP contribution >= 0.6 is 0 Å². The van der Waals surface area contributed by atoms with Crippen LogP contribution in [0.5, 0.6) is 0 Å². The van der Waals surface area contributed by atoms with E-state index in [1.54, 1.807) is 4.68 Å². The highest BCUT2D eigenvalue weighted by atomic mass is 15.4. The summed E-state index contributed by atoms with van der Waals surface area (Å²) in [6.07, 6.45) is 6.41. The number of hydrogen-bond acceptors (Lipinski definition) is 3. The Morgan fingerprint density at radius 2 is 2.21 bits per heavy atom. The Kier molecular flexibility index (Phi) is 3.34. The van der Waals surface area contributed by atoms with Crippen LogP contribution in [0.25, 0.3) is 0 Å². The zero-order valence-electron chi connectivity index (χ0n) is 11.3. The molecular formula is C15H20N4. The second-order valence-corrected chi connectivity index (χ2v) is 5.46. The van der Waals surface area contributed by atoms with Crippen molar-refractivity contribution in [3.63, 3.8) is 0 Å². The van der Waals surface area contributed by atoms with Crippen molar-refractivity contribution in [1.82, 2.24) is 15.0 Å². The van der Waals surface area contributed by atoms with Gasteiger partial charge in [0, 0.05) is 19.3 Å². The molecule has 0 bridgehead atoms. The topological polar surface area (TPSA) is 56.7 Å². The molecule has 4 heteroatoms. The lowest BCUT2D eigenvalue weighted by Gasteiger charge is -2.22. The molecule has 2 aromatic rings. The van der Waals surface area contributed by atoms with Crippen LogP contribution in [-0.4, -0.2) is 15.0 Å². The highest BCUT2D eigenvalue weighted by Crippen LogP contribution is 2.33. The average Bonchev–Trinajstić information content (AvgIpc) is 2.75. The highest BCUT2D eigenvalue weighted by Gasteiger charge is 2.25. The number of fused-ring (bicyclic) bond motifs is 1. The molecule has 3 rings (SSSR count). The molecule has 4 nitrogen and oxygen atoms in total. The minimum absolute atomic E-state index is 0.112. The Labute approximate surface area is 113 Å².